The summed E-state index contributed by atoms with van der Waals surface area (Å²) in [4.78, 5) is 33.6. The Bertz CT molecular complexity index is 593. The number of aliphatic imine (C=N–C) groups is 1. The maximum Gasteiger partial charge on any atom is 0.329 e. The molecule has 1 amide bonds. The van der Waals surface area contributed by atoms with Crippen LogP contribution in [-0.2, 0) is 14.1 Å². The largest absolute Gasteiger partial charge is 0.497 e. The van der Waals surface area contributed by atoms with E-state index in [1.807, 2.05) is 6.92 Å². The van der Waals surface area contributed by atoms with E-state index < -0.39 is 19.7 Å². The monoisotopic (exact) mass is 283 g/mol. The summed E-state index contributed by atoms with van der Waals surface area (Å²) in [7, 11) is -2.72. The molecule has 1 aliphatic carbocycles. The van der Waals surface area contributed by atoms with Crippen LogP contribution in [0.15, 0.2) is 40.1 Å². The van der Waals surface area contributed by atoms with E-state index in [0.717, 1.165) is 5.57 Å². The molecule has 0 spiro atoms. The molecule has 2 N–H and O–H groups in total. The molecule has 0 fully saturated rings. The van der Waals surface area contributed by atoms with E-state index in [-0.39, 0.29) is 5.92 Å². The molecule has 1 heterocycles. The van der Waals surface area contributed by atoms with E-state index in [1.54, 1.807) is 12.2 Å². The molecule has 1 unspecified atom stereocenters. The molecule has 7 heteroatoms. The lowest BCUT2D eigenvalue weighted by molar-refractivity contribution is -0.113. The standard InChI is InChI=1S/C12H14NO5P/c1-7-3-9(18-2)5-10-12(7)8(4-11(14)13-10)6-19(15,16)17/h3-5,12H,6H2,1-2H3,(H2,15,16,17). The number of hydrogen-bond acceptors (Lipinski definition) is 3. The predicted molar refractivity (Wildman–Crippen MR) is 69.8 cm³/mol. The summed E-state index contributed by atoms with van der Waals surface area (Å²) in [6.45, 7) is 1.81. The Morgan fingerprint density at radius 2 is 2.05 bits per heavy atom. The van der Waals surface area contributed by atoms with E-state index in [2.05, 4.69) is 4.99 Å². The first kappa shape index (κ1) is 13.9. The molecule has 2 rings (SSSR count). The van der Waals surface area contributed by atoms with Gasteiger partial charge in [0.1, 0.15) is 5.76 Å². The van der Waals surface area contributed by atoms with Crippen LogP contribution in [-0.4, -0.2) is 34.7 Å². The van der Waals surface area contributed by atoms with Crippen molar-refractivity contribution < 1.29 is 23.9 Å². The number of fused-ring (bicyclic) bond motifs is 1. The molecular weight excluding hydrogens is 269 g/mol. The number of hydrogen-bond donors (Lipinski definition) is 2. The van der Waals surface area contributed by atoms with Gasteiger partial charge in [-0.1, -0.05) is 5.57 Å². The molecule has 0 aromatic rings. The van der Waals surface area contributed by atoms with E-state index in [4.69, 9.17) is 14.5 Å². The van der Waals surface area contributed by atoms with Crippen molar-refractivity contribution in [3.8, 4) is 0 Å². The van der Waals surface area contributed by atoms with Crippen molar-refractivity contribution in [1.82, 2.24) is 0 Å². The molecule has 6 nitrogen and oxygen atoms in total. The van der Waals surface area contributed by atoms with E-state index in [1.165, 1.54) is 13.2 Å². The van der Waals surface area contributed by atoms with E-state index >= 15 is 0 Å². The summed E-state index contributed by atoms with van der Waals surface area (Å²) in [5.74, 6) is -0.293. The van der Waals surface area contributed by atoms with Crippen molar-refractivity contribution in [2.75, 3.05) is 13.3 Å². The van der Waals surface area contributed by atoms with Crippen LogP contribution < -0.4 is 0 Å². The van der Waals surface area contributed by atoms with Crippen molar-refractivity contribution in [1.29, 1.82) is 0 Å². The molecule has 1 aliphatic heterocycles. The van der Waals surface area contributed by atoms with E-state index in [9.17, 15) is 9.36 Å². The third kappa shape index (κ3) is 3.10. The molecule has 0 bridgehead atoms. The topological polar surface area (TPSA) is 96.2 Å². The van der Waals surface area contributed by atoms with Crippen LogP contribution in [0, 0.1) is 5.92 Å². The van der Waals surface area contributed by atoms with Gasteiger partial charge in [-0.25, -0.2) is 4.99 Å². The molecule has 102 valence electrons. The van der Waals surface area contributed by atoms with Crippen LogP contribution in [0.2, 0.25) is 0 Å². The fraction of sp³-hybridized carbons (Fsp3) is 0.333. The molecule has 0 aromatic heterocycles. The number of carbonyl (C=O) groups is 1. The van der Waals surface area contributed by atoms with Gasteiger partial charge in [0, 0.05) is 18.1 Å². The lowest BCUT2D eigenvalue weighted by Gasteiger charge is -2.27. The van der Waals surface area contributed by atoms with Gasteiger partial charge in [-0.05, 0) is 18.6 Å². The second-order valence-electron chi connectivity index (χ2n) is 4.49. The fourth-order valence-electron chi connectivity index (χ4n) is 2.29. The Morgan fingerprint density at radius 3 is 2.63 bits per heavy atom. The zero-order valence-electron chi connectivity index (χ0n) is 10.5. The van der Waals surface area contributed by atoms with E-state index in [0.29, 0.717) is 17.0 Å². The Morgan fingerprint density at radius 1 is 1.37 bits per heavy atom. The average molecular weight is 283 g/mol. The summed E-state index contributed by atoms with van der Waals surface area (Å²) >= 11 is 0. The van der Waals surface area contributed by atoms with Gasteiger partial charge in [-0.15, -0.1) is 0 Å². The van der Waals surface area contributed by atoms with Crippen LogP contribution in [0.25, 0.3) is 0 Å². The minimum atomic E-state index is -4.23. The Kier molecular flexibility index (Phi) is 3.58. The number of amides is 1. The number of allylic oxidation sites excluding steroid dienone is 4. The fourth-order valence-corrected chi connectivity index (χ4v) is 3.03. The highest BCUT2D eigenvalue weighted by atomic mass is 31.2. The van der Waals surface area contributed by atoms with Crippen molar-refractivity contribution in [2.24, 2.45) is 10.9 Å². The van der Waals surface area contributed by atoms with Gasteiger partial charge in [0.25, 0.3) is 5.91 Å². The number of ether oxygens (including phenoxy) is 1. The Labute approximate surface area is 110 Å². The number of methoxy groups -OCH3 is 1. The molecule has 0 saturated heterocycles. The minimum absolute atomic E-state index is 0.357. The van der Waals surface area contributed by atoms with Gasteiger partial charge >= 0.3 is 7.60 Å². The van der Waals surface area contributed by atoms with Crippen LogP contribution in [0.1, 0.15) is 6.92 Å². The molecule has 0 saturated carbocycles. The molecule has 2 aliphatic rings. The van der Waals surface area contributed by atoms with Crippen molar-refractivity contribution in [3.63, 3.8) is 0 Å². The lowest BCUT2D eigenvalue weighted by Crippen LogP contribution is -2.27. The zero-order valence-corrected chi connectivity index (χ0v) is 11.4. The third-order valence-corrected chi connectivity index (χ3v) is 3.73. The minimum Gasteiger partial charge on any atom is -0.497 e. The van der Waals surface area contributed by atoms with Gasteiger partial charge in [-0.2, -0.15) is 0 Å². The highest BCUT2D eigenvalue weighted by Gasteiger charge is 2.32. The third-order valence-electron chi connectivity index (χ3n) is 2.95. The first-order valence-corrected chi connectivity index (χ1v) is 7.41. The second kappa shape index (κ2) is 4.89. The average Bonchev–Trinajstić information content (AvgIpc) is 2.24. The SMILES string of the molecule is COC1=CC2=NC(=O)C=C(CP(=O)(O)O)C2C(C)=C1. The Hall–Kier alpha value is -1.49. The first-order valence-electron chi connectivity index (χ1n) is 5.61. The normalized spacial score (nSPS) is 22.9. The summed E-state index contributed by atoms with van der Waals surface area (Å²) < 4.78 is 16.3. The number of dihydropyridines is 1. The van der Waals surface area contributed by atoms with Gasteiger partial charge in [-0.3, -0.25) is 9.36 Å². The molecule has 0 radical (unpaired) electrons. The smallest absolute Gasteiger partial charge is 0.329 e. The number of nitrogens with zero attached hydrogens (tertiary/aromatic N) is 1. The highest BCUT2D eigenvalue weighted by Crippen LogP contribution is 2.42. The highest BCUT2D eigenvalue weighted by molar-refractivity contribution is 7.52. The first-order chi connectivity index (χ1) is 8.80. The molecule has 0 aromatic carbocycles. The van der Waals surface area contributed by atoms with Gasteiger partial charge in [0.2, 0.25) is 0 Å². The van der Waals surface area contributed by atoms with Gasteiger partial charge < -0.3 is 14.5 Å². The molecule has 1 atom stereocenters. The lowest BCUT2D eigenvalue weighted by atomic mass is 9.83. The summed E-state index contributed by atoms with van der Waals surface area (Å²) in [5.41, 5.74) is 1.70. The summed E-state index contributed by atoms with van der Waals surface area (Å²) in [6, 6.07) is 0. The maximum atomic E-state index is 11.5. The number of carbonyl (C=O) groups excluding carboxylic acids is 1. The zero-order chi connectivity index (χ0) is 14.2. The number of rotatable bonds is 3. The Balaban J connectivity index is 2.41. The van der Waals surface area contributed by atoms with Crippen LogP contribution in [0.5, 0.6) is 0 Å². The molecular formula is C12H14NO5P. The van der Waals surface area contributed by atoms with Crippen molar-refractivity contribution in [3.05, 3.63) is 35.1 Å². The quantitative estimate of drug-likeness (QED) is 0.758. The van der Waals surface area contributed by atoms with Crippen molar-refractivity contribution >= 4 is 19.2 Å². The predicted octanol–water partition coefficient (Wildman–Crippen LogP) is 1.18. The maximum absolute atomic E-state index is 11.5. The van der Waals surface area contributed by atoms with Gasteiger partial charge in [0.15, 0.2) is 0 Å². The molecule has 19 heavy (non-hydrogen) atoms. The second-order valence-corrected chi connectivity index (χ2v) is 6.13. The van der Waals surface area contributed by atoms with Crippen LogP contribution in [0.4, 0.5) is 0 Å². The van der Waals surface area contributed by atoms with Crippen LogP contribution >= 0.6 is 7.60 Å². The summed E-state index contributed by atoms with van der Waals surface area (Å²) in [6.07, 6.45) is 4.15. The van der Waals surface area contributed by atoms with Crippen molar-refractivity contribution in [2.45, 2.75) is 6.92 Å². The van der Waals surface area contributed by atoms with Gasteiger partial charge in [0.05, 0.1) is 19.0 Å². The van der Waals surface area contributed by atoms with Crippen LogP contribution in [0.3, 0.4) is 0 Å². The summed E-state index contributed by atoms with van der Waals surface area (Å²) in [5, 5.41) is 0.